The van der Waals surface area contributed by atoms with Crippen molar-refractivity contribution in [2.24, 2.45) is 0 Å². The quantitative estimate of drug-likeness (QED) is 0.793. The maximum absolute atomic E-state index is 3.93. The van der Waals surface area contributed by atoms with E-state index < -0.39 is 0 Å². The molecule has 3 aliphatic rings. The number of hydrogen-bond donors (Lipinski definition) is 1. The standard InChI is InChI=1S/C15H28N2/c1-2-13-11-16-15(9-4-3-5-10-15)12-17(13)14-7-6-8-14/h13-14,16H,2-12H2,1H3. The first-order valence-electron chi connectivity index (χ1n) is 7.84. The van der Waals surface area contributed by atoms with Crippen LogP contribution in [0.4, 0.5) is 0 Å². The van der Waals surface area contributed by atoms with Crippen LogP contribution in [0.15, 0.2) is 0 Å². The summed E-state index contributed by atoms with van der Waals surface area (Å²) >= 11 is 0. The van der Waals surface area contributed by atoms with E-state index in [4.69, 9.17) is 0 Å². The second-order valence-electron chi connectivity index (χ2n) is 6.54. The summed E-state index contributed by atoms with van der Waals surface area (Å²) in [5, 5.41) is 3.93. The van der Waals surface area contributed by atoms with Crippen LogP contribution in [0.2, 0.25) is 0 Å². The van der Waals surface area contributed by atoms with Gasteiger partial charge in [0.1, 0.15) is 0 Å². The van der Waals surface area contributed by atoms with Crippen LogP contribution in [0.25, 0.3) is 0 Å². The van der Waals surface area contributed by atoms with Gasteiger partial charge in [-0.2, -0.15) is 0 Å². The molecule has 0 aromatic heterocycles. The van der Waals surface area contributed by atoms with Crippen LogP contribution in [-0.2, 0) is 0 Å². The minimum Gasteiger partial charge on any atom is -0.308 e. The molecular formula is C15H28N2. The Morgan fingerprint density at radius 1 is 1.12 bits per heavy atom. The van der Waals surface area contributed by atoms with Gasteiger partial charge in [-0.15, -0.1) is 0 Å². The number of rotatable bonds is 2. The fourth-order valence-corrected chi connectivity index (χ4v) is 4.07. The van der Waals surface area contributed by atoms with Crippen LogP contribution in [0.5, 0.6) is 0 Å². The number of nitrogens with zero attached hydrogens (tertiary/aromatic N) is 1. The number of nitrogens with one attached hydrogen (secondary N) is 1. The first-order valence-corrected chi connectivity index (χ1v) is 7.84. The molecule has 1 spiro atoms. The highest BCUT2D eigenvalue weighted by Gasteiger charge is 2.42. The molecule has 3 rings (SSSR count). The zero-order chi connectivity index (χ0) is 11.7. The lowest BCUT2D eigenvalue weighted by atomic mass is 9.77. The number of hydrogen-bond acceptors (Lipinski definition) is 2. The molecule has 1 saturated heterocycles. The van der Waals surface area contributed by atoms with Crippen molar-refractivity contribution in [1.29, 1.82) is 0 Å². The van der Waals surface area contributed by atoms with Crippen LogP contribution in [0.3, 0.4) is 0 Å². The summed E-state index contributed by atoms with van der Waals surface area (Å²) in [4.78, 5) is 2.88. The van der Waals surface area contributed by atoms with Gasteiger partial charge in [-0.3, -0.25) is 4.90 Å². The Kier molecular flexibility index (Phi) is 3.45. The molecule has 1 unspecified atom stereocenters. The molecule has 3 fully saturated rings. The molecular weight excluding hydrogens is 208 g/mol. The minimum atomic E-state index is 0.500. The molecule has 2 heteroatoms. The van der Waals surface area contributed by atoms with Gasteiger partial charge < -0.3 is 5.32 Å². The van der Waals surface area contributed by atoms with E-state index >= 15 is 0 Å². The van der Waals surface area contributed by atoms with Crippen molar-refractivity contribution in [1.82, 2.24) is 10.2 Å². The fraction of sp³-hybridized carbons (Fsp3) is 1.00. The second kappa shape index (κ2) is 4.89. The third-order valence-corrected chi connectivity index (χ3v) is 5.49. The van der Waals surface area contributed by atoms with Gasteiger partial charge in [-0.25, -0.2) is 0 Å². The molecule has 2 aliphatic carbocycles. The molecule has 0 amide bonds. The van der Waals surface area contributed by atoms with Crippen LogP contribution in [0, 0.1) is 0 Å². The maximum atomic E-state index is 3.93. The number of piperazine rings is 1. The van der Waals surface area contributed by atoms with Crippen LogP contribution >= 0.6 is 0 Å². The average Bonchev–Trinajstić information content (AvgIpc) is 2.28. The van der Waals surface area contributed by atoms with Crippen molar-refractivity contribution < 1.29 is 0 Å². The van der Waals surface area contributed by atoms with Gasteiger partial charge in [-0.05, 0) is 32.1 Å². The average molecular weight is 236 g/mol. The summed E-state index contributed by atoms with van der Waals surface area (Å²) in [6.45, 7) is 4.94. The predicted octanol–water partition coefficient (Wildman–Crippen LogP) is 2.93. The third kappa shape index (κ3) is 2.26. The first kappa shape index (κ1) is 12.0. The van der Waals surface area contributed by atoms with Crippen molar-refractivity contribution in [3.05, 3.63) is 0 Å². The first-order chi connectivity index (χ1) is 8.33. The maximum Gasteiger partial charge on any atom is 0.0309 e. The van der Waals surface area contributed by atoms with E-state index in [1.54, 1.807) is 0 Å². The van der Waals surface area contributed by atoms with Gasteiger partial charge >= 0.3 is 0 Å². The summed E-state index contributed by atoms with van der Waals surface area (Å²) in [7, 11) is 0. The van der Waals surface area contributed by atoms with Crippen molar-refractivity contribution in [2.75, 3.05) is 13.1 Å². The highest BCUT2D eigenvalue weighted by atomic mass is 15.3. The summed E-state index contributed by atoms with van der Waals surface area (Å²) < 4.78 is 0. The van der Waals surface area contributed by atoms with E-state index in [0.29, 0.717) is 5.54 Å². The van der Waals surface area contributed by atoms with Crippen LogP contribution in [0.1, 0.15) is 64.7 Å². The second-order valence-corrected chi connectivity index (χ2v) is 6.54. The van der Waals surface area contributed by atoms with Crippen molar-refractivity contribution in [3.63, 3.8) is 0 Å². The fourth-order valence-electron chi connectivity index (χ4n) is 4.07. The molecule has 2 saturated carbocycles. The van der Waals surface area contributed by atoms with Gasteiger partial charge in [0.05, 0.1) is 0 Å². The molecule has 1 heterocycles. The molecule has 1 atom stereocenters. The Morgan fingerprint density at radius 3 is 2.47 bits per heavy atom. The van der Waals surface area contributed by atoms with Crippen LogP contribution < -0.4 is 5.32 Å². The molecule has 98 valence electrons. The van der Waals surface area contributed by atoms with Gasteiger partial charge in [0, 0.05) is 30.7 Å². The Bertz CT molecular complexity index is 254. The lowest BCUT2D eigenvalue weighted by molar-refractivity contribution is -0.00273. The molecule has 0 aromatic rings. The SMILES string of the molecule is CCC1CNC2(CCCCC2)CN1C1CCC1. The lowest BCUT2D eigenvalue weighted by Crippen LogP contribution is -2.67. The Labute approximate surface area is 106 Å². The van der Waals surface area contributed by atoms with Gasteiger partial charge in [0.2, 0.25) is 0 Å². The Hall–Kier alpha value is -0.0800. The molecule has 0 bridgehead atoms. The van der Waals surface area contributed by atoms with Gasteiger partial charge in [0.15, 0.2) is 0 Å². The highest BCUT2D eigenvalue weighted by Crippen LogP contribution is 2.36. The molecule has 1 N–H and O–H groups in total. The largest absolute Gasteiger partial charge is 0.308 e. The zero-order valence-corrected chi connectivity index (χ0v) is 11.4. The Balaban J connectivity index is 1.69. The van der Waals surface area contributed by atoms with E-state index in [-0.39, 0.29) is 0 Å². The molecule has 2 nitrogen and oxygen atoms in total. The van der Waals surface area contributed by atoms with E-state index in [9.17, 15) is 0 Å². The topological polar surface area (TPSA) is 15.3 Å². The monoisotopic (exact) mass is 236 g/mol. The summed E-state index contributed by atoms with van der Waals surface area (Å²) in [5.74, 6) is 0. The van der Waals surface area contributed by atoms with Crippen molar-refractivity contribution in [2.45, 2.75) is 82.3 Å². The summed E-state index contributed by atoms with van der Waals surface area (Å²) in [6.07, 6.45) is 12.9. The predicted molar refractivity (Wildman–Crippen MR) is 72.2 cm³/mol. The third-order valence-electron chi connectivity index (χ3n) is 5.49. The minimum absolute atomic E-state index is 0.500. The van der Waals surface area contributed by atoms with E-state index in [0.717, 1.165) is 12.1 Å². The summed E-state index contributed by atoms with van der Waals surface area (Å²) in [5.41, 5.74) is 0.500. The van der Waals surface area contributed by atoms with Crippen molar-refractivity contribution >= 4 is 0 Å². The van der Waals surface area contributed by atoms with Crippen LogP contribution in [-0.4, -0.2) is 35.6 Å². The molecule has 0 aromatic carbocycles. The van der Waals surface area contributed by atoms with E-state index in [1.807, 2.05) is 0 Å². The van der Waals surface area contributed by atoms with Gasteiger partial charge in [-0.1, -0.05) is 32.6 Å². The normalized spacial score (nSPS) is 34.8. The molecule has 17 heavy (non-hydrogen) atoms. The Morgan fingerprint density at radius 2 is 1.88 bits per heavy atom. The lowest BCUT2D eigenvalue weighted by Gasteiger charge is -2.54. The molecule has 1 aliphatic heterocycles. The van der Waals surface area contributed by atoms with Crippen molar-refractivity contribution in [3.8, 4) is 0 Å². The zero-order valence-electron chi connectivity index (χ0n) is 11.4. The molecule has 0 radical (unpaired) electrons. The van der Waals surface area contributed by atoms with E-state index in [1.165, 1.54) is 70.9 Å². The smallest absolute Gasteiger partial charge is 0.0309 e. The highest BCUT2D eigenvalue weighted by molar-refractivity contribution is 5.02. The van der Waals surface area contributed by atoms with E-state index in [2.05, 4.69) is 17.1 Å². The summed E-state index contributed by atoms with van der Waals surface area (Å²) in [6, 6.07) is 1.74. The van der Waals surface area contributed by atoms with Gasteiger partial charge in [0.25, 0.3) is 0 Å².